The van der Waals surface area contributed by atoms with Crippen LogP contribution in [0.4, 0.5) is 0 Å². The average Bonchev–Trinajstić information content (AvgIpc) is 2.90. The zero-order valence-electron chi connectivity index (χ0n) is 11.7. The number of carbonyl (C=O) groups excluding carboxylic acids is 1. The van der Waals surface area contributed by atoms with Gasteiger partial charge in [-0.2, -0.15) is 11.8 Å². The normalized spacial score (nSPS) is 27.8. The van der Waals surface area contributed by atoms with Gasteiger partial charge < -0.3 is 10.6 Å². The highest BCUT2D eigenvalue weighted by Crippen LogP contribution is 2.30. The number of hydrogen-bond donors (Lipinski definition) is 1. The number of thioether (sulfide) groups is 1. The highest BCUT2D eigenvalue weighted by atomic mass is 32.2. The highest BCUT2D eigenvalue weighted by molar-refractivity contribution is 7.99. The molecule has 1 amide bonds. The topological polar surface area (TPSA) is 46.3 Å². The molecule has 4 heteroatoms. The van der Waals surface area contributed by atoms with E-state index in [2.05, 4.69) is 12.1 Å². The van der Waals surface area contributed by atoms with Crippen LogP contribution in [0.5, 0.6) is 0 Å². The van der Waals surface area contributed by atoms with Crippen molar-refractivity contribution in [3.05, 3.63) is 35.9 Å². The number of likely N-dealkylation sites (tertiary alicyclic amines) is 1. The van der Waals surface area contributed by atoms with E-state index < -0.39 is 0 Å². The van der Waals surface area contributed by atoms with Gasteiger partial charge in [0.05, 0.1) is 0 Å². The third kappa shape index (κ3) is 2.86. The number of carbonyl (C=O) groups is 1. The SMILES string of the molecule is N[C@@H]1CN(C(=O)C2CCSCC2)C[C@H]1c1ccccc1. The fourth-order valence-corrected chi connectivity index (χ4v) is 4.37. The molecule has 2 heterocycles. The van der Waals surface area contributed by atoms with Gasteiger partial charge in [0.2, 0.25) is 5.91 Å². The highest BCUT2D eigenvalue weighted by Gasteiger charge is 2.36. The molecule has 1 aromatic carbocycles. The quantitative estimate of drug-likeness (QED) is 0.907. The molecule has 2 atom stereocenters. The van der Waals surface area contributed by atoms with E-state index in [4.69, 9.17) is 5.73 Å². The van der Waals surface area contributed by atoms with Gasteiger partial charge in [-0.1, -0.05) is 30.3 Å². The molecule has 3 rings (SSSR count). The predicted octanol–water partition coefficient (Wildman–Crippen LogP) is 2.08. The summed E-state index contributed by atoms with van der Waals surface area (Å²) in [4.78, 5) is 14.6. The van der Waals surface area contributed by atoms with Crippen LogP contribution < -0.4 is 5.73 Å². The first kappa shape index (κ1) is 14.0. The Bertz CT molecular complexity index is 459. The molecule has 2 aliphatic rings. The average molecular weight is 290 g/mol. The second kappa shape index (κ2) is 6.19. The molecule has 0 bridgehead atoms. The Kier molecular flexibility index (Phi) is 4.32. The number of hydrogen-bond acceptors (Lipinski definition) is 3. The van der Waals surface area contributed by atoms with Gasteiger partial charge in [-0.05, 0) is 29.9 Å². The summed E-state index contributed by atoms with van der Waals surface area (Å²) in [5.41, 5.74) is 7.53. The van der Waals surface area contributed by atoms with E-state index in [1.807, 2.05) is 34.9 Å². The summed E-state index contributed by atoms with van der Waals surface area (Å²) >= 11 is 1.96. The number of rotatable bonds is 2. The molecule has 108 valence electrons. The predicted molar refractivity (Wildman–Crippen MR) is 83.8 cm³/mol. The lowest BCUT2D eigenvalue weighted by Crippen LogP contribution is -2.37. The summed E-state index contributed by atoms with van der Waals surface area (Å²) < 4.78 is 0. The molecule has 0 radical (unpaired) electrons. The van der Waals surface area contributed by atoms with E-state index >= 15 is 0 Å². The smallest absolute Gasteiger partial charge is 0.225 e. The Labute approximate surface area is 124 Å². The van der Waals surface area contributed by atoms with Crippen LogP contribution in [0, 0.1) is 5.92 Å². The van der Waals surface area contributed by atoms with Gasteiger partial charge in [0.25, 0.3) is 0 Å². The molecule has 2 saturated heterocycles. The van der Waals surface area contributed by atoms with E-state index in [9.17, 15) is 4.79 Å². The maximum atomic E-state index is 12.6. The van der Waals surface area contributed by atoms with Crippen molar-refractivity contribution in [3.63, 3.8) is 0 Å². The Morgan fingerprint density at radius 3 is 2.55 bits per heavy atom. The summed E-state index contributed by atoms with van der Waals surface area (Å²) in [5.74, 6) is 3.10. The van der Waals surface area contributed by atoms with Crippen molar-refractivity contribution in [2.45, 2.75) is 24.8 Å². The first-order valence-corrected chi connectivity index (χ1v) is 8.58. The summed E-state index contributed by atoms with van der Waals surface area (Å²) in [7, 11) is 0. The zero-order valence-corrected chi connectivity index (χ0v) is 12.5. The summed E-state index contributed by atoms with van der Waals surface area (Å²) in [6.45, 7) is 1.50. The van der Waals surface area contributed by atoms with Crippen LogP contribution in [0.1, 0.15) is 24.3 Å². The van der Waals surface area contributed by atoms with Gasteiger partial charge in [-0.15, -0.1) is 0 Å². The Balaban J connectivity index is 1.67. The van der Waals surface area contributed by atoms with Crippen molar-refractivity contribution in [1.29, 1.82) is 0 Å². The molecule has 2 aliphatic heterocycles. The molecule has 1 aromatic rings. The van der Waals surface area contributed by atoms with Crippen molar-refractivity contribution in [1.82, 2.24) is 4.90 Å². The van der Waals surface area contributed by atoms with Gasteiger partial charge in [0.1, 0.15) is 0 Å². The molecule has 3 nitrogen and oxygen atoms in total. The van der Waals surface area contributed by atoms with E-state index in [0.29, 0.717) is 12.5 Å². The molecule has 0 aromatic heterocycles. The van der Waals surface area contributed by atoms with Crippen molar-refractivity contribution in [3.8, 4) is 0 Å². The Morgan fingerprint density at radius 2 is 1.85 bits per heavy atom. The van der Waals surface area contributed by atoms with Gasteiger partial charge >= 0.3 is 0 Å². The molecule has 0 aliphatic carbocycles. The minimum atomic E-state index is 0.0688. The van der Waals surface area contributed by atoms with E-state index in [1.165, 1.54) is 5.56 Å². The van der Waals surface area contributed by atoms with Crippen molar-refractivity contribution in [2.24, 2.45) is 11.7 Å². The van der Waals surface area contributed by atoms with E-state index in [1.54, 1.807) is 0 Å². The number of nitrogens with two attached hydrogens (primary N) is 1. The van der Waals surface area contributed by atoms with Crippen LogP contribution in [-0.4, -0.2) is 41.4 Å². The van der Waals surface area contributed by atoms with Crippen LogP contribution >= 0.6 is 11.8 Å². The number of benzene rings is 1. The second-order valence-electron chi connectivity index (χ2n) is 5.81. The maximum Gasteiger partial charge on any atom is 0.225 e. The van der Waals surface area contributed by atoms with Gasteiger partial charge in [-0.3, -0.25) is 4.79 Å². The van der Waals surface area contributed by atoms with Crippen LogP contribution in [0.25, 0.3) is 0 Å². The van der Waals surface area contributed by atoms with E-state index in [-0.39, 0.29) is 17.9 Å². The third-order valence-corrected chi connectivity index (χ3v) is 5.52. The van der Waals surface area contributed by atoms with Crippen LogP contribution in [0.2, 0.25) is 0 Å². The molecular weight excluding hydrogens is 268 g/mol. The minimum Gasteiger partial charge on any atom is -0.340 e. The van der Waals surface area contributed by atoms with Gasteiger partial charge in [0.15, 0.2) is 0 Å². The standard InChI is InChI=1S/C16H22N2OS/c17-15-11-18(16(19)13-6-8-20-9-7-13)10-14(15)12-4-2-1-3-5-12/h1-5,13-15H,6-11,17H2/t14-,15+/m0/s1. The van der Waals surface area contributed by atoms with Crippen LogP contribution in [-0.2, 0) is 4.79 Å². The molecular formula is C16H22N2OS. The van der Waals surface area contributed by atoms with Gasteiger partial charge in [-0.25, -0.2) is 0 Å². The Morgan fingerprint density at radius 1 is 1.15 bits per heavy atom. The molecule has 2 fully saturated rings. The lowest BCUT2D eigenvalue weighted by atomic mass is 9.95. The molecule has 0 unspecified atom stereocenters. The van der Waals surface area contributed by atoms with Crippen molar-refractivity contribution >= 4 is 17.7 Å². The summed E-state index contributed by atoms with van der Waals surface area (Å²) in [6, 6.07) is 10.4. The lowest BCUT2D eigenvalue weighted by Gasteiger charge is -2.26. The number of nitrogens with zero attached hydrogens (tertiary/aromatic N) is 1. The van der Waals surface area contributed by atoms with E-state index in [0.717, 1.165) is 30.9 Å². The van der Waals surface area contributed by atoms with Crippen LogP contribution in [0.3, 0.4) is 0 Å². The first-order chi connectivity index (χ1) is 9.75. The summed E-state index contributed by atoms with van der Waals surface area (Å²) in [6.07, 6.45) is 2.07. The molecule has 20 heavy (non-hydrogen) atoms. The fourth-order valence-electron chi connectivity index (χ4n) is 3.26. The fraction of sp³-hybridized carbons (Fsp3) is 0.562. The largest absolute Gasteiger partial charge is 0.340 e. The van der Waals surface area contributed by atoms with Crippen LogP contribution in [0.15, 0.2) is 30.3 Å². The Hall–Kier alpha value is -1.00. The second-order valence-corrected chi connectivity index (χ2v) is 7.04. The number of amides is 1. The molecule has 2 N–H and O–H groups in total. The lowest BCUT2D eigenvalue weighted by molar-refractivity contribution is -0.134. The molecule has 0 spiro atoms. The van der Waals surface area contributed by atoms with Crippen molar-refractivity contribution in [2.75, 3.05) is 24.6 Å². The molecule has 0 saturated carbocycles. The zero-order chi connectivity index (χ0) is 13.9. The minimum absolute atomic E-state index is 0.0688. The monoisotopic (exact) mass is 290 g/mol. The van der Waals surface area contributed by atoms with Crippen molar-refractivity contribution < 1.29 is 4.79 Å². The first-order valence-electron chi connectivity index (χ1n) is 7.43. The summed E-state index contributed by atoms with van der Waals surface area (Å²) in [5, 5.41) is 0. The third-order valence-electron chi connectivity index (χ3n) is 4.48. The van der Waals surface area contributed by atoms with Gasteiger partial charge in [0, 0.05) is 31.0 Å². The maximum absolute atomic E-state index is 12.6.